The summed E-state index contributed by atoms with van der Waals surface area (Å²) in [6.45, 7) is 3.22. The molecule has 0 unspecified atom stereocenters. The maximum absolute atomic E-state index is 13.1. The molecule has 3 rings (SSSR count). The van der Waals surface area contributed by atoms with E-state index >= 15 is 0 Å². The molecule has 1 saturated heterocycles. The number of hydrogen-bond donors (Lipinski definition) is 0. The van der Waals surface area contributed by atoms with Gasteiger partial charge in [-0.3, -0.25) is 0 Å². The molecule has 5 nitrogen and oxygen atoms in total. The van der Waals surface area contributed by atoms with Crippen molar-refractivity contribution in [2.24, 2.45) is 0 Å². The quantitative estimate of drug-likeness (QED) is 0.857. The third-order valence-electron chi connectivity index (χ3n) is 3.54. The monoisotopic (exact) mass is 339 g/mol. The molecule has 1 aromatic carbocycles. The third kappa shape index (κ3) is 3.59. The van der Waals surface area contributed by atoms with E-state index < -0.39 is 12.0 Å². The number of aromatic nitrogens is 2. The lowest BCUT2D eigenvalue weighted by Gasteiger charge is -2.29. The Labute approximate surface area is 137 Å². The second-order valence-electron chi connectivity index (χ2n) is 5.30. The van der Waals surface area contributed by atoms with Gasteiger partial charge in [0.25, 0.3) is 0 Å². The van der Waals surface area contributed by atoms with Crippen LogP contribution in [0.2, 0.25) is 0 Å². The Bertz CT molecular complexity index is 702. The lowest BCUT2D eigenvalue weighted by molar-refractivity contribution is -0.145. The van der Waals surface area contributed by atoms with Crippen LogP contribution in [-0.4, -0.2) is 36.3 Å². The minimum atomic E-state index is -4.61. The van der Waals surface area contributed by atoms with Crippen LogP contribution < -0.4 is 9.64 Å². The fraction of sp³-hybridized carbons (Fsp3) is 0.375. The van der Waals surface area contributed by atoms with E-state index in [0.29, 0.717) is 32.1 Å². The molecule has 0 radical (unpaired) electrons. The Hall–Kier alpha value is -2.35. The molecule has 24 heavy (non-hydrogen) atoms. The van der Waals surface area contributed by atoms with Crippen molar-refractivity contribution in [2.75, 3.05) is 31.2 Å². The van der Waals surface area contributed by atoms with Gasteiger partial charge in [-0.05, 0) is 19.1 Å². The number of rotatable bonds is 3. The van der Waals surface area contributed by atoms with Crippen molar-refractivity contribution in [3.8, 4) is 11.5 Å². The standard InChI is InChI=1S/C16H16F3N3O2/c1-11-13(24-12-5-3-2-4-6-12)14(22-7-9-23-10-8-22)21-15(20-11)16(17,18)19/h2-6H,7-10H2,1H3. The van der Waals surface area contributed by atoms with E-state index in [-0.39, 0.29) is 17.3 Å². The van der Waals surface area contributed by atoms with Crippen LogP contribution in [0.3, 0.4) is 0 Å². The molecule has 1 aliphatic heterocycles. The SMILES string of the molecule is Cc1nc(C(F)(F)F)nc(N2CCOCC2)c1Oc1ccccc1. The maximum Gasteiger partial charge on any atom is 0.451 e. The molecule has 0 amide bonds. The molecule has 1 aliphatic rings. The highest BCUT2D eigenvalue weighted by Crippen LogP contribution is 2.37. The molecule has 0 aliphatic carbocycles. The van der Waals surface area contributed by atoms with Crippen molar-refractivity contribution < 1.29 is 22.6 Å². The van der Waals surface area contributed by atoms with Crippen molar-refractivity contribution in [1.29, 1.82) is 0 Å². The van der Waals surface area contributed by atoms with Gasteiger partial charge in [-0.1, -0.05) is 18.2 Å². The first-order valence-corrected chi connectivity index (χ1v) is 7.46. The molecule has 0 spiro atoms. The molecule has 128 valence electrons. The minimum Gasteiger partial charge on any atom is -0.452 e. The van der Waals surface area contributed by atoms with Crippen molar-refractivity contribution in [1.82, 2.24) is 9.97 Å². The van der Waals surface area contributed by atoms with E-state index in [1.165, 1.54) is 6.92 Å². The smallest absolute Gasteiger partial charge is 0.451 e. The lowest BCUT2D eigenvalue weighted by atomic mass is 10.3. The number of morpholine rings is 1. The summed E-state index contributed by atoms with van der Waals surface area (Å²) in [5, 5.41) is 0. The maximum atomic E-state index is 13.1. The highest BCUT2D eigenvalue weighted by atomic mass is 19.4. The van der Waals surface area contributed by atoms with Gasteiger partial charge in [-0.15, -0.1) is 0 Å². The van der Waals surface area contributed by atoms with E-state index in [9.17, 15) is 13.2 Å². The summed E-state index contributed by atoms with van der Waals surface area (Å²) >= 11 is 0. The van der Waals surface area contributed by atoms with Crippen LogP contribution in [0.4, 0.5) is 19.0 Å². The number of aryl methyl sites for hydroxylation is 1. The Balaban J connectivity index is 2.04. The summed E-state index contributed by atoms with van der Waals surface area (Å²) < 4.78 is 50.2. The largest absolute Gasteiger partial charge is 0.452 e. The molecule has 2 aromatic rings. The van der Waals surface area contributed by atoms with Crippen LogP contribution >= 0.6 is 0 Å². The molecule has 8 heteroatoms. The fourth-order valence-corrected chi connectivity index (χ4v) is 2.39. The molecular weight excluding hydrogens is 323 g/mol. The van der Waals surface area contributed by atoms with Crippen molar-refractivity contribution in [3.63, 3.8) is 0 Å². The average molecular weight is 339 g/mol. The van der Waals surface area contributed by atoms with Gasteiger partial charge in [0.2, 0.25) is 5.82 Å². The molecule has 1 aromatic heterocycles. The van der Waals surface area contributed by atoms with E-state index in [1.807, 2.05) is 6.07 Å². The second kappa shape index (κ2) is 6.64. The van der Waals surface area contributed by atoms with Gasteiger partial charge < -0.3 is 14.4 Å². The Kier molecular flexibility index (Phi) is 4.57. The summed E-state index contributed by atoms with van der Waals surface area (Å²) in [4.78, 5) is 9.04. The van der Waals surface area contributed by atoms with E-state index in [4.69, 9.17) is 9.47 Å². The molecule has 1 fully saturated rings. The van der Waals surface area contributed by atoms with Gasteiger partial charge in [0.05, 0.1) is 18.9 Å². The van der Waals surface area contributed by atoms with Crippen molar-refractivity contribution in [3.05, 3.63) is 41.9 Å². The van der Waals surface area contributed by atoms with Crippen molar-refractivity contribution >= 4 is 5.82 Å². The lowest BCUT2D eigenvalue weighted by Crippen LogP contribution is -2.37. The highest BCUT2D eigenvalue weighted by Gasteiger charge is 2.37. The van der Waals surface area contributed by atoms with Crippen LogP contribution in [0.1, 0.15) is 11.5 Å². The predicted octanol–water partition coefficient (Wildman–Crippen LogP) is 3.43. The zero-order chi connectivity index (χ0) is 17.2. The van der Waals surface area contributed by atoms with Gasteiger partial charge in [0, 0.05) is 13.1 Å². The molecule has 0 saturated carbocycles. The average Bonchev–Trinajstić information content (AvgIpc) is 2.57. The molecule has 2 heterocycles. The molecule has 0 N–H and O–H groups in total. The van der Waals surface area contributed by atoms with Crippen LogP contribution in [0.15, 0.2) is 30.3 Å². The summed E-state index contributed by atoms with van der Waals surface area (Å²) in [6, 6.07) is 8.83. The van der Waals surface area contributed by atoms with E-state index in [0.717, 1.165) is 0 Å². The number of nitrogens with zero attached hydrogens (tertiary/aromatic N) is 3. The minimum absolute atomic E-state index is 0.141. The summed E-state index contributed by atoms with van der Waals surface area (Å²) in [5.41, 5.74) is 0.141. The number of benzene rings is 1. The van der Waals surface area contributed by atoms with Gasteiger partial charge >= 0.3 is 6.18 Å². The number of alkyl halides is 3. The first-order valence-electron chi connectivity index (χ1n) is 7.46. The molecule has 0 atom stereocenters. The highest BCUT2D eigenvalue weighted by molar-refractivity contribution is 5.56. The first kappa shape index (κ1) is 16.5. The van der Waals surface area contributed by atoms with Gasteiger partial charge in [0.15, 0.2) is 11.6 Å². The first-order chi connectivity index (χ1) is 11.4. The van der Waals surface area contributed by atoms with Crippen LogP contribution in [0, 0.1) is 6.92 Å². The number of anilines is 1. The van der Waals surface area contributed by atoms with E-state index in [2.05, 4.69) is 9.97 Å². The van der Waals surface area contributed by atoms with Crippen LogP contribution in [0.25, 0.3) is 0 Å². The Morgan fingerprint density at radius 2 is 1.75 bits per heavy atom. The zero-order valence-corrected chi connectivity index (χ0v) is 13.0. The Morgan fingerprint density at radius 1 is 1.08 bits per heavy atom. The fourth-order valence-electron chi connectivity index (χ4n) is 2.39. The number of para-hydroxylation sites is 1. The summed E-state index contributed by atoms with van der Waals surface area (Å²) in [5.74, 6) is -0.279. The van der Waals surface area contributed by atoms with Crippen LogP contribution in [-0.2, 0) is 10.9 Å². The number of ether oxygens (including phenoxy) is 2. The van der Waals surface area contributed by atoms with Gasteiger partial charge in [-0.2, -0.15) is 13.2 Å². The number of hydrogen-bond acceptors (Lipinski definition) is 5. The number of halogens is 3. The van der Waals surface area contributed by atoms with E-state index in [1.54, 1.807) is 29.2 Å². The topological polar surface area (TPSA) is 47.5 Å². The van der Waals surface area contributed by atoms with Crippen LogP contribution in [0.5, 0.6) is 11.5 Å². The molecular formula is C16H16F3N3O2. The molecule has 0 bridgehead atoms. The second-order valence-corrected chi connectivity index (χ2v) is 5.30. The Morgan fingerprint density at radius 3 is 2.38 bits per heavy atom. The summed E-state index contributed by atoms with van der Waals surface area (Å²) in [6.07, 6.45) is -4.61. The van der Waals surface area contributed by atoms with Gasteiger partial charge in [-0.25, -0.2) is 9.97 Å². The van der Waals surface area contributed by atoms with Crippen molar-refractivity contribution in [2.45, 2.75) is 13.1 Å². The zero-order valence-electron chi connectivity index (χ0n) is 13.0. The normalized spacial score (nSPS) is 15.4. The predicted molar refractivity (Wildman–Crippen MR) is 81.3 cm³/mol. The third-order valence-corrected chi connectivity index (χ3v) is 3.54. The van der Waals surface area contributed by atoms with Gasteiger partial charge in [0.1, 0.15) is 5.75 Å². The summed E-state index contributed by atoms with van der Waals surface area (Å²) in [7, 11) is 0.